The monoisotopic (exact) mass is 461 g/mol. The first-order valence-corrected chi connectivity index (χ1v) is 9.20. The molecule has 1 aromatic heterocycles. The average Bonchev–Trinajstić information content (AvgIpc) is 3.09. The van der Waals surface area contributed by atoms with Crippen LogP contribution in [-0.4, -0.2) is 42.1 Å². The Morgan fingerprint density at radius 3 is 2.56 bits per heavy atom. The molecule has 1 aliphatic rings. The van der Waals surface area contributed by atoms with E-state index < -0.39 is 0 Å². The normalized spacial score (nSPS) is 15.3. The van der Waals surface area contributed by atoms with Crippen molar-refractivity contribution in [1.29, 1.82) is 0 Å². The zero-order valence-electron chi connectivity index (χ0n) is 15.2. The van der Waals surface area contributed by atoms with Gasteiger partial charge in [0.05, 0.1) is 6.54 Å². The summed E-state index contributed by atoms with van der Waals surface area (Å²) in [6.07, 6.45) is 10.6. The van der Waals surface area contributed by atoms with Crippen LogP contribution in [0.1, 0.15) is 45.4 Å². The number of carbonyl (C=O) groups is 1. The number of nitrogens with zero attached hydrogens (tertiary/aromatic N) is 2. The maximum absolute atomic E-state index is 12.0. The molecule has 6 nitrogen and oxygen atoms in total. The van der Waals surface area contributed by atoms with Crippen LogP contribution in [0.2, 0.25) is 0 Å². The van der Waals surface area contributed by atoms with Crippen molar-refractivity contribution in [2.24, 2.45) is 4.99 Å². The Morgan fingerprint density at radius 1 is 1.16 bits per heavy atom. The molecule has 1 heterocycles. The number of nitrogens with one attached hydrogen (secondary N) is 3. The van der Waals surface area contributed by atoms with Gasteiger partial charge in [-0.3, -0.25) is 9.79 Å². The van der Waals surface area contributed by atoms with Crippen LogP contribution in [0.15, 0.2) is 29.5 Å². The van der Waals surface area contributed by atoms with Crippen molar-refractivity contribution in [3.05, 3.63) is 24.5 Å². The number of hydrogen-bond donors (Lipinski definition) is 3. The van der Waals surface area contributed by atoms with Crippen molar-refractivity contribution in [3.8, 4) is 0 Å². The number of halogens is 1. The maximum atomic E-state index is 12.0. The predicted octanol–water partition coefficient (Wildman–Crippen LogP) is 2.50. The lowest BCUT2D eigenvalue weighted by molar-refractivity contribution is -0.121. The molecule has 1 saturated carbocycles. The fourth-order valence-electron chi connectivity index (χ4n) is 2.98. The number of aromatic nitrogens is 1. The zero-order chi connectivity index (χ0) is 17.0. The Morgan fingerprint density at radius 2 is 1.88 bits per heavy atom. The SMILES string of the molecule is CCNC(=NCCC(=O)NC1CCCCC1)NCCn1cccc1.I. The van der Waals surface area contributed by atoms with E-state index in [1.807, 2.05) is 31.5 Å². The molecule has 1 fully saturated rings. The average molecular weight is 461 g/mol. The van der Waals surface area contributed by atoms with E-state index in [1.165, 1.54) is 19.3 Å². The maximum Gasteiger partial charge on any atom is 0.222 e. The first-order valence-electron chi connectivity index (χ1n) is 9.20. The molecular weight excluding hydrogens is 429 g/mol. The van der Waals surface area contributed by atoms with Gasteiger partial charge in [-0.25, -0.2) is 0 Å². The lowest BCUT2D eigenvalue weighted by atomic mass is 9.95. The summed E-state index contributed by atoms with van der Waals surface area (Å²) < 4.78 is 2.12. The standard InChI is InChI=1S/C18H31N5O.HI/c1-2-19-18(21-12-15-23-13-6-7-14-23)20-11-10-17(24)22-16-8-4-3-5-9-16;/h6-7,13-14,16H,2-5,8-12,15H2,1H3,(H,22,24)(H2,19,20,21);1H. The lowest BCUT2D eigenvalue weighted by Crippen LogP contribution is -2.39. The second-order valence-corrected chi connectivity index (χ2v) is 6.26. The predicted molar refractivity (Wildman–Crippen MR) is 113 cm³/mol. The van der Waals surface area contributed by atoms with Gasteiger partial charge in [-0.15, -0.1) is 24.0 Å². The molecule has 2 rings (SSSR count). The van der Waals surface area contributed by atoms with Gasteiger partial charge >= 0.3 is 0 Å². The minimum Gasteiger partial charge on any atom is -0.357 e. The molecule has 0 aliphatic heterocycles. The van der Waals surface area contributed by atoms with E-state index in [0.717, 1.165) is 38.4 Å². The molecule has 7 heteroatoms. The Labute approximate surface area is 168 Å². The summed E-state index contributed by atoms with van der Waals surface area (Å²) in [4.78, 5) is 16.5. The summed E-state index contributed by atoms with van der Waals surface area (Å²) in [5.41, 5.74) is 0. The highest BCUT2D eigenvalue weighted by molar-refractivity contribution is 14.0. The highest BCUT2D eigenvalue weighted by Crippen LogP contribution is 2.17. The van der Waals surface area contributed by atoms with Gasteiger partial charge in [0.25, 0.3) is 0 Å². The summed E-state index contributed by atoms with van der Waals surface area (Å²) >= 11 is 0. The largest absolute Gasteiger partial charge is 0.357 e. The molecule has 0 aromatic carbocycles. The van der Waals surface area contributed by atoms with Crippen LogP contribution >= 0.6 is 24.0 Å². The minimum absolute atomic E-state index is 0. The highest BCUT2D eigenvalue weighted by atomic mass is 127. The molecule has 0 unspecified atom stereocenters. The number of hydrogen-bond acceptors (Lipinski definition) is 2. The van der Waals surface area contributed by atoms with Crippen LogP contribution in [0.5, 0.6) is 0 Å². The van der Waals surface area contributed by atoms with Gasteiger partial charge in [-0.2, -0.15) is 0 Å². The van der Waals surface area contributed by atoms with Crippen molar-refractivity contribution in [3.63, 3.8) is 0 Å². The van der Waals surface area contributed by atoms with Gasteiger partial charge in [-0.05, 0) is 31.9 Å². The number of carbonyl (C=O) groups excluding carboxylic acids is 1. The van der Waals surface area contributed by atoms with Crippen molar-refractivity contribution >= 4 is 35.8 Å². The molecule has 0 bridgehead atoms. The number of aliphatic imine (C=N–C) groups is 1. The van der Waals surface area contributed by atoms with Gasteiger partial charge in [-0.1, -0.05) is 19.3 Å². The van der Waals surface area contributed by atoms with Gasteiger partial charge in [0.1, 0.15) is 0 Å². The van der Waals surface area contributed by atoms with Crippen LogP contribution in [0, 0.1) is 0 Å². The second kappa shape index (κ2) is 13.0. The Bertz CT molecular complexity index is 498. The Balaban J connectivity index is 0.00000312. The highest BCUT2D eigenvalue weighted by Gasteiger charge is 2.15. The van der Waals surface area contributed by atoms with E-state index in [9.17, 15) is 4.79 Å². The molecule has 1 aromatic rings. The molecule has 3 N–H and O–H groups in total. The molecular formula is C18H32IN5O. The molecule has 25 heavy (non-hydrogen) atoms. The molecule has 0 saturated heterocycles. The van der Waals surface area contributed by atoms with Gasteiger partial charge in [0.15, 0.2) is 5.96 Å². The third-order valence-electron chi connectivity index (χ3n) is 4.25. The van der Waals surface area contributed by atoms with E-state index in [-0.39, 0.29) is 29.9 Å². The summed E-state index contributed by atoms with van der Waals surface area (Å²) in [6.45, 7) is 5.05. The fraction of sp³-hybridized carbons (Fsp3) is 0.667. The van der Waals surface area contributed by atoms with E-state index in [1.54, 1.807) is 0 Å². The lowest BCUT2D eigenvalue weighted by Gasteiger charge is -2.22. The first-order chi connectivity index (χ1) is 11.8. The number of guanidine groups is 1. The molecule has 1 amide bonds. The van der Waals surface area contributed by atoms with Crippen molar-refractivity contribution in [2.75, 3.05) is 19.6 Å². The second-order valence-electron chi connectivity index (χ2n) is 6.26. The van der Waals surface area contributed by atoms with E-state index in [4.69, 9.17) is 0 Å². The number of amides is 1. The Hall–Kier alpha value is -1.25. The molecule has 0 spiro atoms. The van der Waals surface area contributed by atoms with Crippen molar-refractivity contribution < 1.29 is 4.79 Å². The summed E-state index contributed by atoms with van der Waals surface area (Å²) in [6, 6.07) is 4.41. The van der Waals surface area contributed by atoms with E-state index in [2.05, 4.69) is 25.5 Å². The smallest absolute Gasteiger partial charge is 0.222 e. The fourth-order valence-corrected chi connectivity index (χ4v) is 2.98. The third kappa shape index (κ3) is 9.13. The molecule has 1 aliphatic carbocycles. The zero-order valence-corrected chi connectivity index (χ0v) is 17.5. The van der Waals surface area contributed by atoms with Crippen molar-refractivity contribution in [1.82, 2.24) is 20.5 Å². The topological polar surface area (TPSA) is 70.4 Å². The molecule has 142 valence electrons. The quantitative estimate of drug-likeness (QED) is 0.317. The van der Waals surface area contributed by atoms with Crippen molar-refractivity contribution in [2.45, 2.75) is 58.0 Å². The Kier molecular flexibility index (Phi) is 11.3. The van der Waals surface area contributed by atoms with Crippen LogP contribution < -0.4 is 16.0 Å². The number of rotatable bonds is 8. The van der Waals surface area contributed by atoms with E-state index >= 15 is 0 Å². The third-order valence-corrected chi connectivity index (χ3v) is 4.25. The molecule has 0 radical (unpaired) electrons. The summed E-state index contributed by atoms with van der Waals surface area (Å²) in [5, 5.41) is 9.65. The van der Waals surface area contributed by atoms with Crippen LogP contribution in [-0.2, 0) is 11.3 Å². The van der Waals surface area contributed by atoms with Gasteiger partial charge in [0.2, 0.25) is 5.91 Å². The van der Waals surface area contributed by atoms with E-state index in [0.29, 0.717) is 19.0 Å². The minimum atomic E-state index is 0. The summed E-state index contributed by atoms with van der Waals surface area (Å²) in [5.74, 6) is 0.893. The van der Waals surface area contributed by atoms with Gasteiger partial charge in [0, 0.05) is 44.5 Å². The molecule has 0 atom stereocenters. The van der Waals surface area contributed by atoms with Crippen LogP contribution in [0.25, 0.3) is 0 Å². The van der Waals surface area contributed by atoms with Crippen LogP contribution in [0.4, 0.5) is 0 Å². The first kappa shape index (κ1) is 21.8. The van der Waals surface area contributed by atoms with Gasteiger partial charge < -0.3 is 20.5 Å². The van der Waals surface area contributed by atoms with Crippen LogP contribution in [0.3, 0.4) is 0 Å². The summed E-state index contributed by atoms with van der Waals surface area (Å²) in [7, 11) is 0.